The summed E-state index contributed by atoms with van der Waals surface area (Å²) in [6.45, 7) is 5.05. The largest absolute Gasteiger partial charge is 0.474 e. The van der Waals surface area contributed by atoms with Gasteiger partial charge in [-0.15, -0.1) is 0 Å². The molecule has 1 heterocycles. The van der Waals surface area contributed by atoms with Crippen LogP contribution in [0.1, 0.15) is 38.7 Å². The monoisotopic (exact) mass is 312 g/mol. The minimum atomic E-state index is 0.280. The average molecular weight is 313 g/mol. The summed E-state index contributed by atoms with van der Waals surface area (Å²) in [6.07, 6.45) is 5.59. The first-order chi connectivity index (χ1) is 8.58. The van der Waals surface area contributed by atoms with E-state index in [0.717, 1.165) is 34.7 Å². The van der Waals surface area contributed by atoms with Crippen molar-refractivity contribution in [1.29, 1.82) is 0 Å². The Morgan fingerprint density at radius 3 is 2.61 bits per heavy atom. The van der Waals surface area contributed by atoms with Crippen LogP contribution in [0.15, 0.2) is 16.7 Å². The van der Waals surface area contributed by atoms with Gasteiger partial charge in [0, 0.05) is 22.8 Å². The Labute approximate surface area is 117 Å². The molecular weight excluding hydrogens is 292 g/mol. The van der Waals surface area contributed by atoms with E-state index in [1.165, 1.54) is 6.42 Å². The summed E-state index contributed by atoms with van der Waals surface area (Å²) in [5, 5.41) is 0. The summed E-state index contributed by atoms with van der Waals surface area (Å²) in [7, 11) is 0. The predicted molar refractivity (Wildman–Crippen MR) is 76.4 cm³/mol. The fraction of sp³-hybridized carbons (Fsp3) is 0.643. The quantitative estimate of drug-likeness (QED) is 0.929. The third-order valence-corrected chi connectivity index (χ3v) is 3.96. The summed E-state index contributed by atoms with van der Waals surface area (Å²) < 4.78 is 7.01. The van der Waals surface area contributed by atoms with Gasteiger partial charge in [-0.1, -0.05) is 13.8 Å². The summed E-state index contributed by atoms with van der Waals surface area (Å²) in [4.78, 5) is 4.34. The number of hydrogen-bond acceptors (Lipinski definition) is 3. The van der Waals surface area contributed by atoms with E-state index < -0.39 is 0 Å². The zero-order chi connectivity index (χ0) is 13.1. The number of aromatic nitrogens is 1. The number of rotatable bonds is 3. The molecule has 1 aliphatic rings. The van der Waals surface area contributed by atoms with Crippen molar-refractivity contribution >= 4 is 15.9 Å². The second kappa shape index (κ2) is 6.02. The molecule has 2 N–H and O–H groups in total. The van der Waals surface area contributed by atoms with E-state index in [1.54, 1.807) is 6.20 Å². The van der Waals surface area contributed by atoms with Gasteiger partial charge in [-0.25, -0.2) is 4.98 Å². The second-order valence-electron chi connectivity index (χ2n) is 5.48. The summed E-state index contributed by atoms with van der Waals surface area (Å²) in [5.74, 6) is 2.16. The van der Waals surface area contributed by atoms with Crippen molar-refractivity contribution in [3.8, 4) is 5.88 Å². The maximum absolute atomic E-state index is 6.06. The maximum atomic E-state index is 6.06. The molecule has 0 spiro atoms. The molecule has 100 valence electrons. The molecule has 1 saturated carbocycles. The molecule has 18 heavy (non-hydrogen) atoms. The van der Waals surface area contributed by atoms with Gasteiger partial charge < -0.3 is 10.5 Å². The van der Waals surface area contributed by atoms with E-state index >= 15 is 0 Å². The lowest BCUT2D eigenvalue weighted by atomic mass is 9.82. The van der Waals surface area contributed by atoms with E-state index in [0.29, 0.717) is 12.4 Å². The molecule has 0 bridgehead atoms. The first-order valence-corrected chi connectivity index (χ1v) is 7.39. The molecule has 0 aliphatic heterocycles. The smallest absolute Gasteiger partial charge is 0.218 e. The van der Waals surface area contributed by atoms with Crippen molar-refractivity contribution < 1.29 is 4.74 Å². The molecule has 1 aromatic rings. The lowest BCUT2D eigenvalue weighted by Crippen LogP contribution is -2.29. The number of halogens is 1. The molecule has 1 aromatic heterocycles. The first-order valence-electron chi connectivity index (χ1n) is 6.59. The van der Waals surface area contributed by atoms with Gasteiger partial charge in [-0.05, 0) is 53.1 Å². The van der Waals surface area contributed by atoms with Crippen molar-refractivity contribution in [3.05, 3.63) is 22.3 Å². The zero-order valence-electron chi connectivity index (χ0n) is 11.0. The van der Waals surface area contributed by atoms with Gasteiger partial charge in [-0.2, -0.15) is 0 Å². The molecule has 0 amide bonds. The molecule has 4 heteroatoms. The van der Waals surface area contributed by atoms with Crippen LogP contribution in [0.4, 0.5) is 0 Å². The van der Waals surface area contributed by atoms with E-state index in [9.17, 15) is 0 Å². The standard InChI is InChI=1S/C14H21BrN2O/c1-9-3-10(2)5-13(4-9)18-14-11(7-16)6-12(15)8-17-14/h6,8-10,13H,3-5,7,16H2,1-2H3. The normalized spacial score (nSPS) is 28.1. The number of nitrogens with zero attached hydrogens (tertiary/aromatic N) is 1. The van der Waals surface area contributed by atoms with Gasteiger partial charge in [0.2, 0.25) is 5.88 Å². The lowest BCUT2D eigenvalue weighted by Gasteiger charge is -2.31. The Hall–Kier alpha value is -0.610. The number of pyridine rings is 1. The molecule has 2 unspecified atom stereocenters. The molecule has 1 fully saturated rings. The third kappa shape index (κ3) is 3.45. The van der Waals surface area contributed by atoms with Crippen LogP contribution in [0, 0.1) is 11.8 Å². The summed E-state index contributed by atoms with van der Waals surface area (Å²) >= 11 is 3.41. The van der Waals surface area contributed by atoms with E-state index in [1.807, 2.05) is 6.07 Å². The topological polar surface area (TPSA) is 48.1 Å². The minimum Gasteiger partial charge on any atom is -0.474 e. The highest BCUT2D eigenvalue weighted by Crippen LogP contribution is 2.32. The fourth-order valence-electron chi connectivity index (χ4n) is 2.85. The van der Waals surface area contributed by atoms with Crippen molar-refractivity contribution in [2.75, 3.05) is 0 Å². The van der Waals surface area contributed by atoms with Crippen LogP contribution in [0.2, 0.25) is 0 Å². The van der Waals surface area contributed by atoms with Gasteiger partial charge in [0.15, 0.2) is 0 Å². The van der Waals surface area contributed by atoms with Gasteiger partial charge in [-0.3, -0.25) is 0 Å². The summed E-state index contributed by atoms with van der Waals surface area (Å²) in [6, 6.07) is 1.98. The zero-order valence-corrected chi connectivity index (χ0v) is 12.6. The number of nitrogens with two attached hydrogens (primary N) is 1. The molecule has 2 rings (SSSR count). The lowest BCUT2D eigenvalue weighted by molar-refractivity contribution is 0.0957. The highest BCUT2D eigenvalue weighted by atomic mass is 79.9. The van der Waals surface area contributed by atoms with Gasteiger partial charge >= 0.3 is 0 Å². The molecular formula is C14H21BrN2O. The predicted octanol–water partition coefficient (Wildman–Crippen LogP) is 3.51. The van der Waals surface area contributed by atoms with Crippen molar-refractivity contribution in [2.24, 2.45) is 17.6 Å². The second-order valence-corrected chi connectivity index (χ2v) is 6.39. The number of ether oxygens (including phenoxy) is 1. The SMILES string of the molecule is CC1CC(C)CC(Oc2ncc(Br)cc2CN)C1. The van der Waals surface area contributed by atoms with E-state index in [-0.39, 0.29) is 6.10 Å². The van der Waals surface area contributed by atoms with Crippen LogP contribution in [0.3, 0.4) is 0 Å². The first kappa shape index (κ1) is 13.8. The highest BCUT2D eigenvalue weighted by molar-refractivity contribution is 9.10. The summed E-state index contributed by atoms with van der Waals surface area (Å²) in [5.41, 5.74) is 6.71. The van der Waals surface area contributed by atoms with Crippen LogP contribution in [0.5, 0.6) is 5.88 Å². The van der Waals surface area contributed by atoms with Crippen LogP contribution < -0.4 is 10.5 Å². The Kier molecular flexibility index (Phi) is 4.62. The Bertz CT molecular complexity index is 401. The molecule has 0 aromatic carbocycles. The Balaban J connectivity index is 2.08. The van der Waals surface area contributed by atoms with Crippen LogP contribution in [-0.4, -0.2) is 11.1 Å². The minimum absolute atomic E-state index is 0.280. The Morgan fingerprint density at radius 2 is 2.00 bits per heavy atom. The fourth-order valence-corrected chi connectivity index (χ4v) is 3.23. The third-order valence-electron chi connectivity index (χ3n) is 3.53. The van der Waals surface area contributed by atoms with Gasteiger partial charge in [0.25, 0.3) is 0 Å². The van der Waals surface area contributed by atoms with Crippen molar-refractivity contribution in [3.63, 3.8) is 0 Å². The van der Waals surface area contributed by atoms with E-state index in [2.05, 4.69) is 34.8 Å². The van der Waals surface area contributed by atoms with Crippen LogP contribution in [0.25, 0.3) is 0 Å². The maximum Gasteiger partial charge on any atom is 0.218 e. The van der Waals surface area contributed by atoms with Crippen LogP contribution in [-0.2, 0) is 6.54 Å². The average Bonchev–Trinajstić information content (AvgIpc) is 2.30. The molecule has 0 radical (unpaired) electrons. The highest BCUT2D eigenvalue weighted by Gasteiger charge is 2.26. The molecule has 2 atom stereocenters. The van der Waals surface area contributed by atoms with Crippen LogP contribution >= 0.6 is 15.9 Å². The van der Waals surface area contributed by atoms with Crippen molar-refractivity contribution in [1.82, 2.24) is 4.98 Å². The van der Waals surface area contributed by atoms with E-state index in [4.69, 9.17) is 10.5 Å². The number of hydrogen-bond donors (Lipinski definition) is 1. The molecule has 3 nitrogen and oxygen atoms in total. The molecule has 1 aliphatic carbocycles. The Morgan fingerprint density at radius 1 is 1.33 bits per heavy atom. The molecule has 0 saturated heterocycles. The van der Waals surface area contributed by atoms with Gasteiger partial charge in [0.1, 0.15) is 6.10 Å². The van der Waals surface area contributed by atoms with Gasteiger partial charge in [0.05, 0.1) is 0 Å². The van der Waals surface area contributed by atoms with Crippen molar-refractivity contribution in [2.45, 2.75) is 45.8 Å².